The van der Waals surface area contributed by atoms with E-state index in [2.05, 4.69) is 19.2 Å². The molecule has 0 radical (unpaired) electrons. The third kappa shape index (κ3) is 6.75. The molecule has 1 aliphatic carbocycles. The summed E-state index contributed by atoms with van der Waals surface area (Å²) in [5, 5.41) is 3.72. The van der Waals surface area contributed by atoms with Gasteiger partial charge in [0.2, 0.25) is 0 Å². The Hall–Kier alpha value is -0.0800. The van der Waals surface area contributed by atoms with Gasteiger partial charge in [-0.1, -0.05) is 46.0 Å². The number of hydrogen-bond acceptors (Lipinski definition) is 2. The largest absolute Gasteiger partial charge is 0.380 e. The second-order valence-corrected chi connectivity index (χ2v) is 5.74. The third-order valence-electron chi connectivity index (χ3n) is 4.02. The van der Waals surface area contributed by atoms with E-state index in [1.807, 2.05) is 0 Å². The van der Waals surface area contributed by atoms with Crippen LogP contribution in [0.5, 0.6) is 0 Å². The Kier molecular flexibility index (Phi) is 9.59. The minimum Gasteiger partial charge on any atom is -0.380 e. The van der Waals surface area contributed by atoms with Crippen molar-refractivity contribution in [3.8, 4) is 0 Å². The van der Waals surface area contributed by atoms with E-state index in [4.69, 9.17) is 4.74 Å². The van der Waals surface area contributed by atoms with Gasteiger partial charge in [-0.15, -0.1) is 0 Å². The first-order valence-corrected chi connectivity index (χ1v) is 8.19. The minimum atomic E-state index is 0.592. The first-order valence-electron chi connectivity index (χ1n) is 8.19. The summed E-state index contributed by atoms with van der Waals surface area (Å²) in [6, 6.07) is 0.592. The summed E-state index contributed by atoms with van der Waals surface area (Å²) in [6.45, 7) is 7.39. The topological polar surface area (TPSA) is 21.3 Å². The van der Waals surface area contributed by atoms with E-state index in [1.54, 1.807) is 0 Å². The number of hydrogen-bond donors (Lipinski definition) is 1. The van der Waals surface area contributed by atoms with Gasteiger partial charge in [0.05, 0.1) is 6.61 Å². The Labute approximate surface area is 114 Å². The molecular weight excluding hydrogens is 222 g/mol. The first kappa shape index (κ1) is 16.0. The Morgan fingerprint density at radius 2 is 1.67 bits per heavy atom. The van der Waals surface area contributed by atoms with Crippen LogP contribution in [-0.2, 0) is 4.74 Å². The predicted molar refractivity (Wildman–Crippen MR) is 79.0 cm³/mol. The Morgan fingerprint density at radius 3 is 2.28 bits per heavy atom. The van der Waals surface area contributed by atoms with Crippen LogP contribution in [0.3, 0.4) is 0 Å². The lowest BCUT2D eigenvalue weighted by Gasteiger charge is -2.29. The summed E-state index contributed by atoms with van der Waals surface area (Å²) in [5.74, 6) is 0.841. The fourth-order valence-electron chi connectivity index (χ4n) is 2.94. The highest BCUT2D eigenvalue weighted by Crippen LogP contribution is 2.25. The summed E-state index contributed by atoms with van der Waals surface area (Å²) in [6.07, 6.45) is 12.3. The maximum absolute atomic E-state index is 5.80. The second-order valence-electron chi connectivity index (χ2n) is 5.74. The van der Waals surface area contributed by atoms with Gasteiger partial charge in [-0.2, -0.15) is 0 Å². The Balaban J connectivity index is 2.38. The van der Waals surface area contributed by atoms with Crippen LogP contribution in [0.1, 0.15) is 71.6 Å². The lowest BCUT2D eigenvalue weighted by atomic mass is 9.86. The van der Waals surface area contributed by atoms with Crippen molar-refractivity contribution in [1.29, 1.82) is 0 Å². The zero-order chi connectivity index (χ0) is 13.1. The molecular formula is C16H33NO. The van der Waals surface area contributed by atoms with Crippen LogP contribution in [0.25, 0.3) is 0 Å². The average molecular weight is 255 g/mol. The standard InChI is InChI=1S/C16H33NO/c1-3-12-17-16(14-18-13-4-2)15-10-8-6-5-7-9-11-15/h15-17H,3-14H2,1-2H3. The molecule has 2 heteroatoms. The van der Waals surface area contributed by atoms with Crippen molar-refractivity contribution in [3.05, 3.63) is 0 Å². The van der Waals surface area contributed by atoms with Crippen molar-refractivity contribution in [2.45, 2.75) is 77.7 Å². The normalized spacial score (nSPS) is 20.3. The van der Waals surface area contributed by atoms with E-state index in [9.17, 15) is 0 Å². The Bertz CT molecular complexity index is 176. The monoisotopic (exact) mass is 255 g/mol. The zero-order valence-corrected chi connectivity index (χ0v) is 12.5. The fourth-order valence-corrected chi connectivity index (χ4v) is 2.94. The summed E-state index contributed by atoms with van der Waals surface area (Å²) < 4.78 is 5.80. The van der Waals surface area contributed by atoms with Gasteiger partial charge >= 0.3 is 0 Å². The van der Waals surface area contributed by atoms with Crippen molar-refractivity contribution in [2.75, 3.05) is 19.8 Å². The van der Waals surface area contributed by atoms with E-state index in [0.717, 1.165) is 32.1 Å². The molecule has 0 amide bonds. The lowest BCUT2D eigenvalue weighted by Crippen LogP contribution is -2.41. The van der Waals surface area contributed by atoms with Gasteiger partial charge in [-0.25, -0.2) is 0 Å². The highest BCUT2D eigenvalue weighted by Gasteiger charge is 2.21. The SMILES string of the molecule is CCCNC(COCCC)C1CCCCCCC1. The number of ether oxygens (including phenoxy) is 1. The van der Waals surface area contributed by atoms with E-state index in [-0.39, 0.29) is 0 Å². The van der Waals surface area contributed by atoms with Gasteiger partial charge in [0.25, 0.3) is 0 Å². The van der Waals surface area contributed by atoms with Crippen molar-refractivity contribution in [2.24, 2.45) is 5.92 Å². The van der Waals surface area contributed by atoms with Crippen molar-refractivity contribution < 1.29 is 4.74 Å². The van der Waals surface area contributed by atoms with Gasteiger partial charge in [-0.05, 0) is 38.1 Å². The molecule has 1 rings (SSSR count). The molecule has 0 aromatic rings. The van der Waals surface area contributed by atoms with Crippen LogP contribution in [-0.4, -0.2) is 25.8 Å². The van der Waals surface area contributed by atoms with Crippen LogP contribution >= 0.6 is 0 Å². The number of nitrogens with one attached hydrogen (secondary N) is 1. The first-order chi connectivity index (χ1) is 8.88. The maximum atomic E-state index is 5.80. The van der Waals surface area contributed by atoms with E-state index >= 15 is 0 Å². The van der Waals surface area contributed by atoms with Crippen molar-refractivity contribution in [1.82, 2.24) is 5.32 Å². The van der Waals surface area contributed by atoms with Crippen LogP contribution in [0.4, 0.5) is 0 Å². The predicted octanol–water partition coefficient (Wildman–Crippen LogP) is 4.14. The summed E-state index contributed by atoms with van der Waals surface area (Å²) >= 11 is 0. The third-order valence-corrected chi connectivity index (χ3v) is 4.02. The van der Waals surface area contributed by atoms with E-state index in [0.29, 0.717) is 6.04 Å². The van der Waals surface area contributed by atoms with Crippen LogP contribution in [0, 0.1) is 5.92 Å². The molecule has 0 heterocycles. The quantitative estimate of drug-likeness (QED) is 0.658. The number of rotatable bonds is 8. The van der Waals surface area contributed by atoms with Gasteiger partial charge < -0.3 is 10.1 Å². The highest BCUT2D eigenvalue weighted by molar-refractivity contribution is 4.77. The second kappa shape index (κ2) is 10.8. The van der Waals surface area contributed by atoms with E-state index in [1.165, 1.54) is 51.4 Å². The molecule has 0 saturated heterocycles. The lowest BCUT2D eigenvalue weighted by molar-refractivity contribution is 0.0872. The molecule has 1 N–H and O–H groups in total. The summed E-state index contributed by atoms with van der Waals surface area (Å²) in [4.78, 5) is 0. The summed E-state index contributed by atoms with van der Waals surface area (Å²) in [7, 11) is 0. The molecule has 108 valence electrons. The molecule has 0 aliphatic heterocycles. The van der Waals surface area contributed by atoms with Crippen molar-refractivity contribution >= 4 is 0 Å². The Morgan fingerprint density at radius 1 is 1.00 bits per heavy atom. The molecule has 1 atom stereocenters. The smallest absolute Gasteiger partial charge is 0.0622 e. The zero-order valence-electron chi connectivity index (χ0n) is 12.5. The molecule has 1 aliphatic rings. The average Bonchev–Trinajstić information content (AvgIpc) is 2.34. The van der Waals surface area contributed by atoms with Crippen LogP contribution in [0.2, 0.25) is 0 Å². The van der Waals surface area contributed by atoms with Gasteiger partial charge in [0.1, 0.15) is 0 Å². The van der Waals surface area contributed by atoms with Gasteiger partial charge in [-0.3, -0.25) is 0 Å². The molecule has 1 fully saturated rings. The van der Waals surface area contributed by atoms with Crippen LogP contribution in [0.15, 0.2) is 0 Å². The molecule has 0 aromatic heterocycles. The molecule has 0 bridgehead atoms. The van der Waals surface area contributed by atoms with Gasteiger partial charge in [0, 0.05) is 12.6 Å². The summed E-state index contributed by atoms with van der Waals surface area (Å²) in [5.41, 5.74) is 0. The fraction of sp³-hybridized carbons (Fsp3) is 1.00. The molecule has 1 saturated carbocycles. The highest BCUT2D eigenvalue weighted by atomic mass is 16.5. The molecule has 0 spiro atoms. The van der Waals surface area contributed by atoms with E-state index < -0.39 is 0 Å². The van der Waals surface area contributed by atoms with Crippen molar-refractivity contribution in [3.63, 3.8) is 0 Å². The van der Waals surface area contributed by atoms with Crippen LogP contribution < -0.4 is 5.32 Å². The molecule has 0 aromatic carbocycles. The maximum Gasteiger partial charge on any atom is 0.0622 e. The van der Waals surface area contributed by atoms with Gasteiger partial charge in [0.15, 0.2) is 0 Å². The molecule has 2 nitrogen and oxygen atoms in total. The molecule has 1 unspecified atom stereocenters. The minimum absolute atomic E-state index is 0.592. The molecule has 18 heavy (non-hydrogen) atoms.